The third-order valence-corrected chi connectivity index (χ3v) is 6.49. The highest BCUT2D eigenvalue weighted by Crippen LogP contribution is 2.48. The molecule has 2 unspecified atom stereocenters. The molecule has 1 heterocycles. The molecular formula is C21H24BrClN2O. The zero-order valence-corrected chi connectivity index (χ0v) is 17.3. The lowest BCUT2D eigenvalue weighted by Crippen LogP contribution is -2.47. The molecule has 0 radical (unpaired) electrons. The largest absolute Gasteiger partial charge is 0.495 e. The van der Waals surface area contributed by atoms with Crippen LogP contribution in [0.25, 0.3) is 0 Å². The number of nitrogens with zero attached hydrogens (tertiary/aromatic N) is 2. The Morgan fingerprint density at radius 3 is 2.50 bits per heavy atom. The van der Waals surface area contributed by atoms with Gasteiger partial charge in [0.25, 0.3) is 0 Å². The number of piperazine rings is 1. The van der Waals surface area contributed by atoms with Crippen LogP contribution >= 0.6 is 27.5 Å². The summed E-state index contributed by atoms with van der Waals surface area (Å²) in [5, 5.41) is 0.826. The van der Waals surface area contributed by atoms with E-state index in [1.165, 1.54) is 24.2 Å². The van der Waals surface area contributed by atoms with Crippen molar-refractivity contribution in [2.45, 2.75) is 12.3 Å². The standard InChI is InChI=1S/C21H24BrClN2O/c1-26-21-13-18(6-7-20(21)22)25-10-8-24(9-11-25)14-16-12-19(16)15-2-4-17(23)5-3-15/h2-7,13,16,19H,8-12,14H2,1H3. The van der Waals surface area contributed by atoms with E-state index in [0.717, 1.165) is 53.3 Å². The van der Waals surface area contributed by atoms with Crippen LogP contribution in [0.1, 0.15) is 17.9 Å². The number of rotatable bonds is 5. The summed E-state index contributed by atoms with van der Waals surface area (Å²) < 4.78 is 6.43. The fourth-order valence-electron chi connectivity index (χ4n) is 3.93. The van der Waals surface area contributed by atoms with Crippen molar-refractivity contribution in [3.8, 4) is 5.75 Å². The van der Waals surface area contributed by atoms with Crippen LogP contribution in [-0.2, 0) is 0 Å². The van der Waals surface area contributed by atoms with Crippen molar-refractivity contribution in [3.63, 3.8) is 0 Å². The molecule has 138 valence electrons. The highest BCUT2D eigenvalue weighted by Gasteiger charge is 2.39. The van der Waals surface area contributed by atoms with Gasteiger partial charge in [0.15, 0.2) is 0 Å². The van der Waals surface area contributed by atoms with Gasteiger partial charge in [0.05, 0.1) is 11.6 Å². The first kappa shape index (κ1) is 18.1. The summed E-state index contributed by atoms with van der Waals surface area (Å²) in [7, 11) is 1.72. The molecule has 0 amide bonds. The van der Waals surface area contributed by atoms with E-state index in [9.17, 15) is 0 Å². The van der Waals surface area contributed by atoms with Crippen LogP contribution in [0.4, 0.5) is 5.69 Å². The number of benzene rings is 2. The molecule has 0 spiro atoms. The molecule has 26 heavy (non-hydrogen) atoms. The molecule has 2 fully saturated rings. The second-order valence-corrected chi connectivity index (χ2v) is 8.55. The Hall–Kier alpha value is -1.23. The molecule has 5 heteroatoms. The molecule has 0 N–H and O–H groups in total. The van der Waals surface area contributed by atoms with Crippen molar-refractivity contribution in [1.82, 2.24) is 4.90 Å². The molecule has 2 aliphatic rings. The maximum atomic E-state index is 6.00. The lowest BCUT2D eigenvalue weighted by Gasteiger charge is -2.36. The van der Waals surface area contributed by atoms with Crippen LogP contribution in [0, 0.1) is 5.92 Å². The molecule has 2 aromatic rings. The van der Waals surface area contributed by atoms with Crippen LogP contribution in [0.3, 0.4) is 0 Å². The van der Waals surface area contributed by atoms with Crippen LogP contribution in [0.2, 0.25) is 5.02 Å². The molecular weight excluding hydrogens is 412 g/mol. The minimum atomic E-state index is 0.723. The van der Waals surface area contributed by atoms with Gasteiger partial charge in [-0.3, -0.25) is 4.90 Å². The first-order valence-electron chi connectivity index (χ1n) is 9.20. The zero-order chi connectivity index (χ0) is 18.1. The van der Waals surface area contributed by atoms with Crippen molar-refractivity contribution in [1.29, 1.82) is 0 Å². The fraction of sp³-hybridized carbons (Fsp3) is 0.429. The minimum Gasteiger partial charge on any atom is -0.495 e. The van der Waals surface area contributed by atoms with Gasteiger partial charge in [-0.25, -0.2) is 0 Å². The van der Waals surface area contributed by atoms with Gasteiger partial charge in [0, 0.05) is 49.5 Å². The third kappa shape index (κ3) is 4.03. The Kier molecular flexibility index (Phi) is 5.44. The summed E-state index contributed by atoms with van der Waals surface area (Å²) in [6, 6.07) is 14.8. The Morgan fingerprint density at radius 2 is 1.81 bits per heavy atom. The van der Waals surface area contributed by atoms with Crippen molar-refractivity contribution >= 4 is 33.2 Å². The topological polar surface area (TPSA) is 15.7 Å². The fourth-order valence-corrected chi connectivity index (χ4v) is 4.47. The van der Waals surface area contributed by atoms with Gasteiger partial charge in [0.2, 0.25) is 0 Å². The smallest absolute Gasteiger partial charge is 0.135 e. The van der Waals surface area contributed by atoms with Crippen molar-refractivity contribution in [2.24, 2.45) is 5.92 Å². The Bertz CT molecular complexity index is 759. The molecule has 3 nitrogen and oxygen atoms in total. The predicted octanol–water partition coefficient (Wildman–Crippen LogP) is 5.04. The summed E-state index contributed by atoms with van der Waals surface area (Å²) in [6.07, 6.45) is 1.31. The van der Waals surface area contributed by atoms with E-state index in [2.05, 4.69) is 56.1 Å². The summed E-state index contributed by atoms with van der Waals surface area (Å²) in [6.45, 7) is 5.61. The molecule has 4 rings (SSSR count). The Labute approximate surface area is 169 Å². The van der Waals surface area contributed by atoms with Crippen LogP contribution in [-0.4, -0.2) is 44.7 Å². The summed E-state index contributed by atoms with van der Waals surface area (Å²) in [5.41, 5.74) is 2.69. The van der Waals surface area contributed by atoms with Crippen molar-refractivity contribution < 1.29 is 4.74 Å². The van der Waals surface area contributed by atoms with Gasteiger partial charge in [0.1, 0.15) is 5.75 Å². The van der Waals surface area contributed by atoms with E-state index < -0.39 is 0 Å². The normalized spacial score (nSPS) is 23.1. The SMILES string of the molecule is COc1cc(N2CCN(CC3CC3c3ccc(Cl)cc3)CC2)ccc1Br. The lowest BCUT2D eigenvalue weighted by molar-refractivity contribution is 0.246. The van der Waals surface area contributed by atoms with E-state index in [-0.39, 0.29) is 0 Å². The average molecular weight is 436 g/mol. The highest BCUT2D eigenvalue weighted by atomic mass is 79.9. The van der Waals surface area contributed by atoms with E-state index in [1.807, 2.05) is 12.1 Å². The second-order valence-electron chi connectivity index (χ2n) is 7.26. The summed E-state index contributed by atoms with van der Waals surface area (Å²) in [5.74, 6) is 2.42. The molecule has 2 atom stereocenters. The molecule has 1 saturated heterocycles. The van der Waals surface area contributed by atoms with E-state index in [0.29, 0.717) is 0 Å². The molecule has 0 aromatic heterocycles. The third-order valence-electron chi connectivity index (χ3n) is 5.59. The van der Waals surface area contributed by atoms with Gasteiger partial charge >= 0.3 is 0 Å². The van der Waals surface area contributed by atoms with Crippen LogP contribution in [0.5, 0.6) is 5.75 Å². The maximum absolute atomic E-state index is 6.00. The van der Waals surface area contributed by atoms with E-state index in [1.54, 1.807) is 7.11 Å². The first-order chi connectivity index (χ1) is 12.6. The Morgan fingerprint density at radius 1 is 1.08 bits per heavy atom. The van der Waals surface area contributed by atoms with E-state index >= 15 is 0 Å². The molecule has 2 aromatic carbocycles. The number of methoxy groups -OCH3 is 1. The van der Waals surface area contributed by atoms with E-state index in [4.69, 9.17) is 16.3 Å². The molecule has 1 saturated carbocycles. The summed E-state index contributed by atoms with van der Waals surface area (Å²) >= 11 is 9.53. The number of halogens is 2. The summed E-state index contributed by atoms with van der Waals surface area (Å²) in [4.78, 5) is 5.07. The number of ether oxygens (including phenoxy) is 1. The molecule has 1 aliphatic carbocycles. The van der Waals surface area contributed by atoms with Crippen molar-refractivity contribution in [3.05, 3.63) is 57.5 Å². The predicted molar refractivity (Wildman–Crippen MR) is 112 cm³/mol. The van der Waals surface area contributed by atoms with Gasteiger partial charge in [-0.15, -0.1) is 0 Å². The highest BCUT2D eigenvalue weighted by molar-refractivity contribution is 9.10. The molecule has 1 aliphatic heterocycles. The van der Waals surface area contributed by atoms with Gasteiger partial charge < -0.3 is 9.64 Å². The number of anilines is 1. The van der Waals surface area contributed by atoms with Gasteiger partial charge in [-0.05, 0) is 64.0 Å². The maximum Gasteiger partial charge on any atom is 0.135 e. The monoisotopic (exact) mass is 434 g/mol. The quantitative estimate of drug-likeness (QED) is 0.654. The van der Waals surface area contributed by atoms with Crippen LogP contribution in [0.15, 0.2) is 46.9 Å². The Balaban J connectivity index is 1.29. The second kappa shape index (κ2) is 7.79. The first-order valence-corrected chi connectivity index (χ1v) is 10.4. The molecule has 0 bridgehead atoms. The van der Waals surface area contributed by atoms with Crippen molar-refractivity contribution in [2.75, 3.05) is 44.7 Å². The lowest BCUT2D eigenvalue weighted by atomic mass is 10.1. The average Bonchev–Trinajstić information content (AvgIpc) is 3.42. The number of hydrogen-bond donors (Lipinski definition) is 0. The number of hydrogen-bond acceptors (Lipinski definition) is 3. The van der Waals surface area contributed by atoms with Gasteiger partial charge in [-0.1, -0.05) is 23.7 Å². The minimum absolute atomic E-state index is 0.723. The zero-order valence-electron chi connectivity index (χ0n) is 15.0. The van der Waals surface area contributed by atoms with Crippen LogP contribution < -0.4 is 9.64 Å². The van der Waals surface area contributed by atoms with Gasteiger partial charge in [-0.2, -0.15) is 0 Å².